The highest BCUT2D eigenvalue weighted by Crippen LogP contribution is 2.62. The summed E-state index contributed by atoms with van der Waals surface area (Å²) in [5.74, 6) is 1.65. The zero-order valence-electron chi connectivity index (χ0n) is 18.3. The van der Waals surface area contributed by atoms with Crippen LogP contribution in [-0.4, -0.2) is 0 Å². The van der Waals surface area contributed by atoms with E-state index in [9.17, 15) is 0 Å². The largest absolute Gasteiger partial charge is 0.457 e. The third-order valence-corrected chi connectivity index (χ3v) is 8.28. The molecule has 4 heteroatoms. The molecule has 0 radical (unpaired) electrons. The molecule has 1 aliphatic heterocycles. The molecule has 0 fully saturated rings. The van der Waals surface area contributed by atoms with Crippen LogP contribution in [0, 0.1) is 0 Å². The molecule has 0 bridgehead atoms. The Hall–Kier alpha value is -3.53. The minimum Gasteiger partial charge on any atom is -0.457 e. The summed E-state index contributed by atoms with van der Waals surface area (Å²) in [6, 6.07) is 33.7. The van der Waals surface area contributed by atoms with Crippen LogP contribution in [0.25, 0.3) is 33.1 Å². The Balaban J connectivity index is 1.60. The molecule has 166 valence electrons. The Kier molecular flexibility index (Phi) is 3.82. The van der Waals surface area contributed by atoms with Gasteiger partial charge in [-0.15, -0.1) is 0 Å². The van der Waals surface area contributed by atoms with Gasteiger partial charge in [0, 0.05) is 32.4 Å². The molecule has 2 heterocycles. The van der Waals surface area contributed by atoms with Crippen LogP contribution in [0.3, 0.4) is 0 Å². The molecule has 0 unspecified atom stereocenters. The normalized spacial score (nSPS) is 14.5. The molecule has 0 amide bonds. The van der Waals surface area contributed by atoms with E-state index in [1.807, 2.05) is 36.4 Å². The van der Waals surface area contributed by atoms with Crippen LogP contribution < -0.4 is 4.74 Å². The Labute approximate surface area is 214 Å². The summed E-state index contributed by atoms with van der Waals surface area (Å²) in [5, 5.41) is 2.61. The van der Waals surface area contributed by atoms with E-state index >= 15 is 0 Å². The zero-order chi connectivity index (χ0) is 23.3. The molecule has 8 rings (SSSR count). The summed E-state index contributed by atoms with van der Waals surface area (Å²) in [7, 11) is 0. The van der Waals surface area contributed by atoms with Gasteiger partial charge in [-0.05, 0) is 58.7 Å². The number of hydrogen-bond donors (Lipinski definition) is 0. The Morgan fingerprint density at radius 1 is 0.629 bits per heavy atom. The van der Waals surface area contributed by atoms with E-state index in [4.69, 9.17) is 20.8 Å². The van der Waals surface area contributed by atoms with Gasteiger partial charge in [-0.25, -0.2) is 0 Å². The third-order valence-electron chi connectivity index (χ3n) is 7.47. The van der Waals surface area contributed by atoms with Gasteiger partial charge in [-0.2, -0.15) is 0 Å². The highest BCUT2D eigenvalue weighted by Gasteiger charge is 2.51. The monoisotopic (exact) mass is 534 g/mol. The smallest absolute Gasteiger partial charge is 0.139 e. The van der Waals surface area contributed by atoms with Crippen LogP contribution >= 0.6 is 27.5 Å². The number of rotatable bonds is 0. The number of ether oxygens (including phenoxy) is 1. The molecule has 1 aromatic heterocycles. The van der Waals surface area contributed by atoms with Crippen LogP contribution in [0.2, 0.25) is 5.02 Å². The Morgan fingerprint density at radius 2 is 1.34 bits per heavy atom. The summed E-state index contributed by atoms with van der Waals surface area (Å²) in [6.07, 6.45) is 0. The zero-order valence-corrected chi connectivity index (χ0v) is 20.7. The predicted molar refractivity (Wildman–Crippen MR) is 144 cm³/mol. The predicted octanol–water partition coefficient (Wildman–Crippen LogP) is 9.47. The van der Waals surface area contributed by atoms with Gasteiger partial charge in [0.2, 0.25) is 0 Å². The lowest BCUT2D eigenvalue weighted by atomic mass is 9.66. The van der Waals surface area contributed by atoms with Gasteiger partial charge in [0.1, 0.15) is 22.7 Å². The third kappa shape index (κ3) is 2.40. The number of furan rings is 1. The SMILES string of the molecule is Clc1cccc2oc3cc4c(cc3c12)C1(c2cc(Br)ccc2O4)c2ccccc2-c2ccccc21. The van der Waals surface area contributed by atoms with Crippen molar-refractivity contribution in [1.82, 2.24) is 0 Å². The fourth-order valence-electron chi connectivity index (χ4n) is 6.15. The van der Waals surface area contributed by atoms with Crippen LogP contribution in [-0.2, 0) is 5.41 Å². The Bertz CT molecular complexity index is 1820. The van der Waals surface area contributed by atoms with E-state index in [1.165, 1.54) is 22.3 Å². The van der Waals surface area contributed by atoms with E-state index in [1.54, 1.807) is 0 Å². The van der Waals surface area contributed by atoms with Gasteiger partial charge in [0.05, 0.1) is 10.4 Å². The van der Waals surface area contributed by atoms with Crippen molar-refractivity contribution >= 4 is 49.5 Å². The van der Waals surface area contributed by atoms with Crippen molar-refractivity contribution in [3.8, 4) is 22.6 Å². The molecule has 5 aromatic carbocycles. The summed E-state index contributed by atoms with van der Waals surface area (Å²) in [6.45, 7) is 0. The molecular weight excluding hydrogens is 520 g/mol. The van der Waals surface area contributed by atoms with Gasteiger partial charge in [0.15, 0.2) is 0 Å². The van der Waals surface area contributed by atoms with Crippen LogP contribution in [0.1, 0.15) is 22.3 Å². The lowest BCUT2D eigenvalue weighted by molar-refractivity contribution is 0.436. The number of hydrogen-bond acceptors (Lipinski definition) is 2. The van der Waals surface area contributed by atoms with Crippen molar-refractivity contribution in [2.24, 2.45) is 0 Å². The van der Waals surface area contributed by atoms with Gasteiger partial charge >= 0.3 is 0 Å². The number of fused-ring (bicyclic) bond motifs is 12. The summed E-state index contributed by atoms with van der Waals surface area (Å²) < 4.78 is 13.8. The van der Waals surface area contributed by atoms with Crippen LogP contribution in [0.5, 0.6) is 11.5 Å². The van der Waals surface area contributed by atoms with E-state index in [2.05, 4.69) is 76.6 Å². The van der Waals surface area contributed by atoms with Crippen molar-refractivity contribution in [2.75, 3.05) is 0 Å². The highest BCUT2D eigenvalue weighted by atomic mass is 79.9. The molecule has 6 aromatic rings. The van der Waals surface area contributed by atoms with Gasteiger partial charge in [0.25, 0.3) is 0 Å². The molecule has 1 aliphatic carbocycles. The van der Waals surface area contributed by atoms with Gasteiger partial charge < -0.3 is 9.15 Å². The van der Waals surface area contributed by atoms with Crippen molar-refractivity contribution in [3.05, 3.63) is 129 Å². The second kappa shape index (κ2) is 6.78. The summed E-state index contributed by atoms with van der Waals surface area (Å²) >= 11 is 10.4. The average Bonchev–Trinajstić information content (AvgIpc) is 3.38. The number of benzene rings is 5. The number of halogens is 2. The molecule has 2 nitrogen and oxygen atoms in total. The standard InChI is InChI=1S/C31H16BrClO2/c32-17-12-13-26-23(14-17)31(21-8-3-1-6-18(21)19-7-2-4-9-22(19)31)24-15-20-28(16-29(24)34-26)35-27-11-5-10-25(33)30(20)27/h1-16H. The molecular formula is C31H16BrClO2. The summed E-state index contributed by atoms with van der Waals surface area (Å²) in [4.78, 5) is 0. The van der Waals surface area contributed by atoms with Gasteiger partial charge in [-0.3, -0.25) is 0 Å². The molecule has 2 aliphatic rings. The molecule has 1 spiro atoms. The van der Waals surface area contributed by atoms with E-state index in [0.717, 1.165) is 49.0 Å². The quantitative estimate of drug-likeness (QED) is 0.193. The lowest BCUT2D eigenvalue weighted by Gasteiger charge is -2.39. The van der Waals surface area contributed by atoms with Crippen LogP contribution in [0.15, 0.2) is 106 Å². The van der Waals surface area contributed by atoms with E-state index in [-0.39, 0.29) is 0 Å². The summed E-state index contributed by atoms with van der Waals surface area (Å²) in [5.41, 5.74) is 8.23. The van der Waals surface area contributed by atoms with E-state index < -0.39 is 5.41 Å². The average molecular weight is 536 g/mol. The maximum absolute atomic E-state index is 6.68. The first-order chi connectivity index (χ1) is 17.2. The first-order valence-electron chi connectivity index (χ1n) is 11.5. The first-order valence-corrected chi connectivity index (χ1v) is 12.7. The molecule has 0 N–H and O–H groups in total. The first kappa shape index (κ1) is 19.7. The van der Waals surface area contributed by atoms with Crippen molar-refractivity contribution in [2.45, 2.75) is 5.41 Å². The minimum absolute atomic E-state index is 0.529. The lowest BCUT2D eigenvalue weighted by Crippen LogP contribution is -2.32. The van der Waals surface area contributed by atoms with Crippen molar-refractivity contribution in [1.29, 1.82) is 0 Å². The van der Waals surface area contributed by atoms with Crippen molar-refractivity contribution in [3.63, 3.8) is 0 Å². The fourth-order valence-corrected chi connectivity index (χ4v) is 6.78. The maximum atomic E-state index is 6.68. The molecule has 0 atom stereocenters. The minimum atomic E-state index is -0.529. The van der Waals surface area contributed by atoms with E-state index in [0.29, 0.717) is 5.02 Å². The molecule has 0 saturated carbocycles. The van der Waals surface area contributed by atoms with Crippen molar-refractivity contribution < 1.29 is 9.15 Å². The second-order valence-corrected chi connectivity index (χ2v) is 10.5. The fraction of sp³-hybridized carbons (Fsp3) is 0.0323. The highest BCUT2D eigenvalue weighted by molar-refractivity contribution is 9.10. The second-order valence-electron chi connectivity index (χ2n) is 9.14. The topological polar surface area (TPSA) is 22.4 Å². The molecule has 35 heavy (non-hydrogen) atoms. The maximum Gasteiger partial charge on any atom is 0.139 e. The Morgan fingerprint density at radius 3 is 2.11 bits per heavy atom. The van der Waals surface area contributed by atoms with Crippen LogP contribution in [0.4, 0.5) is 0 Å². The molecule has 0 saturated heterocycles. The van der Waals surface area contributed by atoms with Gasteiger partial charge in [-0.1, -0.05) is 82.1 Å².